The molecule has 4 saturated heterocycles. The highest BCUT2D eigenvalue weighted by molar-refractivity contribution is 5.94. The van der Waals surface area contributed by atoms with E-state index in [4.69, 9.17) is 4.74 Å². The number of piperazine rings is 1. The molecule has 0 saturated carbocycles. The van der Waals surface area contributed by atoms with Crippen molar-refractivity contribution in [2.45, 2.75) is 63.4 Å². The summed E-state index contributed by atoms with van der Waals surface area (Å²) in [6, 6.07) is 7.99. The average molecular weight is 457 g/mol. The minimum absolute atomic E-state index is 0.0418. The third-order valence-corrected chi connectivity index (χ3v) is 8.13. The van der Waals surface area contributed by atoms with Gasteiger partial charge in [-0.1, -0.05) is 6.07 Å². The van der Waals surface area contributed by atoms with Crippen LogP contribution in [0.4, 0.5) is 4.79 Å². The topological polar surface area (TPSA) is 89.2 Å². The van der Waals surface area contributed by atoms with Gasteiger partial charge >= 0.3 is 6.03 Å². The highest BCUT2D eigenvalue weighted by Crippen LogP contribution is 2.38. The molecule has 180 valence electrons. The number of likely N-dealkylation sites (tertiary alicyclic amines) is 1. The van der Waals surface area contributed by atoms with E-state index in [2.05, 4.69) is 46.7 Å². The molecule has 4 heterocycles. The van der Waals surface area contributed by atoms with Crippen LogP contribution < -0.4 is 20.9 Å². The zero-order valence-electron chi connectivity index (χ0n) is 20.0. The van der Waals surface area contributed by atoms with Gasteiger partial charge in [0.15, 0.2) is 0 Å². The number of fused-ring (bicyclic) bond motifs is 2. The van der Waals surface area contributed by atoms with E-state index in [0.717, 1.165) is 19.6 Å². The highest BCUT2D eigenvalue weighted by atomic mass is 16.5. The average Bonchev–Trinajstić information content (AvgIpc) is 3.48. The monoisotopic (exact) mass is 456 g/mol. The number of hydrogen-bond acceptors (Lipinski definition) is 6. The van der Waals surface area contributed by atoms with Crippen LogP contribution in [0.15, 0.2) is 24.3 Å². The summed E-state index contributed by atoms with van der Waals surface area (Å²) in [4.78, 5) is 33.3. The molecule has 4 aliphatic rings. The van der Waals surface area contributed by atoms with Crippen molar-refractivity contribution in [3.05, 3.63) is 29.8 Å². The standard InChI is InChI=1S/C24H36N6O3/c1-15-12-28-10-6-8-17(28)13-29(15)23(32)30-14-19-20(24(30,2)3)26-27-21(19)25-22(31)16-7-5-9-18(11-16)33-4/h5,7,9,11,15,17,19-21,26-27H,6,8,10,12-14H2,1-4H3,(H,25,31)/t15-,17-,19?,20?,21?/m0/s1. The first-order valence-electron chi connectivity index (χ1n) is 12.1. The molecule has 9 heteroatoms. The molecule has 5 atom stereocenters. The summed E-state index contributed by atoms with van der Waals surface area (Å²) in [6.07, 6.45) is 2.13. The van der Waals surface area contributed by atoms with Gasteiger partial charge < -0.3 is 19.9 Å². The van der Waals surface area contributed by atoms with Crippen LogP contribution in [0.1, 0.15) is 44.0 Å². The van der Waals surface area contributed by atoms with Crippen molar-refractivity contribution >= 4 is 11.9 Å². The lowest BCUT2D eigenvalue weighted by Gasteiger charge is -2.46. The van der Waals surface area contributed by atoms with Gasteiger partial charge in [0.25, 0.3) is 5.91 Å². The lowest BCUT2D eigenvalue weighted by molar-refractivity contribution is 0.0497. The van der Waals surface area contributed by atoms with E-state index in [1.165, 1.54) is 12.8 Å². The molecule has 9 nitrogen and oxygen atoms in total. The first kappa shape index (κ1) is 22.4. The quantitative estimate of drug-likeness (QED) is 0.634. The number of urea groups is 1. The van der Waals surface area contributed by atoms with Gasteiger partial charge in [0.05, 0.1) is 24.9 Å². The molecule has 0 aromatic heterocycles. The van der Waals surface area contributed by atoms with Crippen LogP contribution in [-0.4, -0.2) is 89.8 Å². The first-order valence-corrected chi connectivity index (χ1v) is 12.1. The number of benzene rings is 1. The van der Waals surface area contributed by atoms with Crippen LogP contribution in [-0.2, 0) is 0 Å². The van der Waals surface area contributed by atoms with Crippen LogP contribution in [0, 0.1) is 5.92 Å². The van der Waals surface area contributed by atoms with Crippen LogP contribution in [0.5, 0.6) is 5.75 Å². The van der Waals surface area contributed by atoms with Crippen LogP contribution in [0.3, 0.4) is 0 Å². The van der Waals surface area contributed by atoms with Gasteiger partial charge in [0, 0.05) is 43.2 Å². The Labute approximate surface area is 195 Å². The SMILES string of the molecule is COc1cccc(C(=O)NC2NNC3C2CN(C(=O)N2C[C@@H]4CCCN4C[C@@H]2C)C3(C)C)c1. The molecule has 3 amide bonds. The van der Waals surface area contributed by atoms with Gasteiger partial charge in [0.2, 0.25) is 0 Å². The number of rotatable bonds is 3. The molecule has 3 N–H and O–H groups in total. The van der Waals surface area contributed by atoms with Gasteiger partial charge in [-0.15, -0.1) is 0 Å². The number of ether oxygens (including phenoxy) is 1. The minimum Gasteiger partial charge on any atom is -0.497 e. The van der Waals surface area contributed by atoms with E-state index in [1.807, 2.05) is 11.0 Å². The van der Waals surface area contributed by atoms with Crippen molar-refractivity contribution < 1.29 is 14.3 Å². The molecule has 4 aliphatic heterocycles. The molecule has 0 radical (unpaired) electrons. The second-order valence-corrected chi connectivity index (χ2v) is 10.5. The summed E-state index contributed by atoms with van der Waals surface area (Å²) in [5.74, 6) is 0.553. The van der Waals surface area contributed by atoms with Crippen molar-refractivity contribution in [3.8, 4) is 5.75 Å². The van der Waals surface area contributed by atoms with E-state index in [9.17, 15) is 9.59 Å². The number of hydrazine groups is 1. The fourth-order valence-corrected chi connectivity index (χ4v) is 6.18. The second kappa shape index (κ2) is 8.45. The Morgan fingerprint density at radius 3 is 2.79 bits per heavy atom. The number of carbonyl (C=O) groups is 2. The Balaban J connectivity index is 1.28. The smallest absolute Gasteiger partial charge is 0.320 e. The van der Waals surface area contributed by atoms with E-state index >= 15 is 0 Å². The summed E-state index contributed by atoms with van der Waals surface area (Å²) in [6.45, 7) is 9.91. The number of carbonyl (C=O) groups excluding carboxylic acids is 2. The molecule has 5 rings (SSSR count). The molecule has 3 unspecified atom stereocenters. The van der Waals surface area contributed by atoms with Gasteiger partial charge in [0.1, 0.15) is 5.75 Å². The molecule has 0 aliphatic carbocycles. The van der Waals surface area contributed by atoms with Crippen molar-refractivity contribution in [3.63, 3.8) is 0 Å². The largest absolute Gasteiger partial charge is 0.497 e. The fourth-order valence-electron chi connectivity index (χ4n) is 6.18. The zero-order valence-corrected chi connectivity index (χ0v) is 20.0. The normalized spacial score (nSPS) is 33.0. The second-order valence-electron chi connectivity index (χ2n) is 10.5. The molecule has 0 spiro atoms. The Bertz CT molecular complexity index is 923. The molecule has 0 bridgehead atoms. The van der Waals surface area contributed by atoms with Crippen molar-refractivity contribution in [2.75, 3.05) is 33.3 Å². The van der Waals surface area contributed by atoms with Crippen molar-refractivity contribution in [1.82, 2.24) is 30.9 Å². The summed E-state index contributed by atoms with van der Waals surface area (Å²) < 4.78 is 5.24. The Morgan fingerprint density at radius 2 is 2.00 bits per heavy atom. The molecule has 4 fully saturated rings. The third kappa shape index (κ3) is 3.86. The summed E-state index contributed by atoms with van der Waals surface area (Å²) in [5, 5.41) is 3.11. The maximum Gasteiger partial charge on any atom is 0.320 e. The molecule has 33 heavy (non-hydrogen) atoms. The summed E-state index contributed by atoms with van der Waals surface area (Å²) >= 11 is 0. The maximum absolute atomic E-state index is 13.8. The van der Waals surface area contributed by atoms with E-state index in [-0.39, 0.29) is 41.6 Å². The van der Waals surface area contributed by atoms with Crippen LogP contribution in [0.25, 0.3) is 0 Å². The first-order chi connectivity index (χ1) is 15.8. The minimum atomic E-state index is -0.378. The van der Waals surface area contributed by atoms with E-state index in [1.54, 1.807) is 25.3 Å². The molecular formula is C24H36N6O3. The van der Waals surface area contributed by atoms with Gasteiger partial charge in [-0.3, -0.25) is 15.1 Å². The number of amides is 3. The molecule has 1 aromatic carbocycles. The van der Waals surface area contributed by atoms with E-state index in [0.29, 0.717) is 23.9 Å². The van der Waals surface area contributed by atoms with Gasteiger partial charge in [-0.25, -0.2) is 10.2 Å². The highest BCUT2D eigenvalue weighted by Gasteiger charge is 2.56. The number of methoxy groups -OCH3 is 1. The predicted molar refractivity (Wildman–Crippen MR) is 125 cm³/mol. The zero-order chi connectivity index (χ0) is 23.3. The Hall–Kier alpha value is -2.36. The maximum atomic E-state index is 13.8. The molecule has 1 aromatic rings. The lowest BCUT2D eigenvalue weighted by atomic mass is 9.90. The Kier molecular flexibility index (Phi) is 5.74. The van der Waals surface area contributed by atoms with E-state index < -0.39 is 0 Å². The number of nitrogens with one attached hydrogen (secondary N) is 3. The van der Waals surface area contributed by atoms with Gasteiger partial charge in [-0.05, 0) is 58.4 Å². The number of hydrogen-bond donors (Lipinski definition) is 3. The fraction of sp³-hybridized carbons (Fsp3) is 0.667. The lowest BCUT2D eigenvalue weighted by Crippen LogP contribution is -2.63. The number of nitrogens with zero attached hydrogens (tertiary/aromatic N) is 3. The predicted octanol–water partition coefficient (Wildman–Crippen LogP) is 1.23. The van der Waals surface area contributed by atoms with Crippen LogP contribution in [0.2, 0.25) is 0 Å². The Morgan fingerprint density at radius 1 is 1.18 bits per heavy atom. The van der Waals surface area contributed by atoms with Crippen LogP contribution >= 0.6 is 0 Å². The summed E-state index contributed by atoms with van der Waals surface area (Å²) in [5.41, 5.74) is 6.79. The van der Waals surface area contributed by atoms with Gasteiger partial charge in [-0.2, -0.15) is 0 Å². The third-order valence-electron chi connectivity index (χ3n) is 8.13. The van der Waals surface area contributed by atoms with Crippen molar-refractivity contribution in [2.24, 2.45) is 5.92 Å². The summed E-state index contributed by atoms with van der Waals surface area (Å²) in [7, 11) is 1.59. The molecular weight excluding hydrogens is 420 g/mol. The van der Waals surface area contributed by atoms with Crippen molar-refractivity contribution in [1.29, 1.82) is 0 Å².